The second kappa shape index (κ2) is 9.95. The SMILES string of the molecule is COc1cc(C(=O)N2CCC3(CC2)Cc2c(F)cccc2C(OC(C)C)C3)ccc1OC(C)C. The number of piperidine rings is 1. The molecule has 6 heteroatoms. The summed E-state index contributed by atoms with van der Waals surface area (Å²) in [4.78, 5) is 15.2. The first-order valence-electron chi connectivity index (χ1n) is 12.3. The number of halogens is 1. The first-order valence-corrected chi connectivity index (χ1v) is 12.3. The Balaban J connectivity index is 1.49. The predicted molar refractivity (Wildman–Crippen MR) is 130 cm³/mol. The van der Waals surface area contributed by atoms with Crippen LogP contribution in [0.4, 0.5) is 4.39 Å². The summed E-state index contributed by atoms with van der Waals surface area (Å²) in [5.41, 5.74) is 2.29. The number of hydrogen-bond donors (Lipinski definition) is 0. The Morgan fingerprint density at radius 3 is 2.44 bits per heavy atom. The van der Waals surface area contributed by atoms with Gasteiger partial charge in [-0.15, -0.1) is 0 Å². The van der Waals surface area contributed by atoms with Gasteiger partial charge in [-0.3, -0.25) is 4.79 Å². The molecule has 1 aliphatic heterocycles. The molecule has 1 spiro atoms. The molecule has 1 heterocycles. The third-order valence-electron chi connectivity index (χ3n) is 6.99. The highest BCUT2D eigenvalue weighted by atomic mass is 19.1. The molecule has 1 saturated heterocycles. The topological polar surface area (TPSA) is 48.0 Å². The van der Waals surface area contributed by atoms with Gasteiger partial charge < -0.3 is 19.1 Å². The molecule has 0 N–H and O–H groups in total. The van der Waals surface area contributed by atoms with Gasteiger partial charge in [0.25, 0.3) is 5.91 Å². The van der Waals surface area contributed by atoms with Crippen LogP contribution in [0, 0.1) is 11.2 Å². The van der Waals surface area contributed by atoms with E-state index in [1.54, 1.807) is 37.4 Å². The molecule has 2 aromatic carbocycles. The molecular weight excluding hydrogens is 433 g/mol. The van der Waals surface area contributed by atoms with Gasteiger partial charge in [0.2, 0.25) is 0 Å². The minimum atomic E-state index is -0.150. The van der Waals surface area contributed by atoms with Crippen molar-refractivity contribution in [1.82, 2.24) is 4.90 Å². The number of amides is 1. The average molecular weight is 470 g/mol. The molecule has 0 bridgehead atoms. The Morgan fingerprint density at radius 1 is 1.06 bits per heavy atom. The molecule has 1 amide bonds. The second-order valence-corrected chi connectivity index (χ2v) is 10.2. The van der Waals surface area contributed by atoms with Crippen molar-refractivity contribution < 1.29 is 23.4 Å². The molecule has 4 rings (SSSR count). The quantitative estimate of drug-likeness (QED) is 0.524. The first kappa shape index (κ1) is 24.5. The molecule has 1 aliphatic carbocycles. The molecule has 184 valence electrons. The van der Waals surface area contributed by atoms with Crippen LogP contribution in [-0.4, -0.2) is 43.2 Å². The smallest absolute Gasteiger partial charge is 0.253 e. The van der Waals surface area contributed by atoms with Crippen molar-refractivity contribution in [3.05, 3.63) is 58.9 Å². The van der Waals surface area contributed by atoms with Gasteiger partial charge in [0.15, 0.2) is 11.5 Å². The maximum atomic E-state index is 14.8. The maximum Gasteiger partial charge on any atom is 0.253 e. The number of nitrogens with zero attached hydrogens (tertiary/aromatic N) is 1. The third-order valence-corrected chi connectivity index (χ3v) is 6.99. The van der Waals surface area contributed by atoms with Crippen molar-refractivity contribution in [2.45, 2.75) is 71.7 Å². The van der Waals surface area contributed by atoms with Gasteiger partial charge in [0.1, 0.15) is 5.82 Å². The molecular formula is C28H36FNO4. The van der Waals surface area contributed by atoms with Gasteiger partial charge in [-0.2, -0.15) is 0 Å². The van der Waals surface area contributed by atoms with Crippen LogP contribution in [0.3, 0.4) is 0 Å². The number of methoxy groups -OCH3 is 1. The van der Waals surface area contributed by atoms with Crippen LogP contribution in [0.5, 0.6) is 11.5 Å². The van der Waals surface area contributed by atoms with Crippen molar-refractivity contribution >= 4 is 5.91 Å². The fourth-order valence-electron chi connectivity index (χ4n) is 5.36. The molecule has 0 aromatic heterocycles. The Morgan fingerprint density at radius 2 is 1.79 bits per heavy atom. The summed E-state index contributed by atoms with van der Waals surface area (Å²) in [6.07, 6.45) is 3.19. The summed E-state index contributed by atoms with van der Waals surface area (Å²) in [6.45, 7) is 9.23. The van der Waals surface area contributed by atoms with E-state index < -0.39 is 0 Å². The van der Waals surface area contributed by atoms with Crippen molar-refractivity contribution in [3.8, 4) is 11.5 Å². The fraction of sp³-hybridized carbons (Fsp3) is 0.536. The number of rotatable bonds is 6. The van der Waals surface area contributed by atoms with Gasteiger partial charge in [-0.25, -0.2) is 4.39 Å². The van der Waals surface area contributed by atoms with Crippen LogP contribution >= 0.6 is 0 Å². The number of hydrogen-bond acceptors (Lipinski definition) is 4. The van der Waals surface area contributed by atoms with Gasteiger partial charge in [0, 0.05) is 18.7 Å². The average Bonchev–Trinajstić information content (AvgIpc) is 2.79. The Kier molecular flexibility index (Phi) is 7.17. The van der Waals surface area contributed by atoms with E-state index in [0.717, 1.165) is 30.4 Å². The molecule has 1 unspecified atom stereocenters. The first-order chi connectivity index (χ1) is 16.2. The summed E-state index contributed by atoms with van der Waals surface area (Å²) in [5.74, 6) is 1.02. The Hall–Kier alpha value is -2.60. The Bertz CT molecular complexity index is 1030. The summed E-state index contributed by atoms with van der Waals surface area (Å²) in [6, 6.07) is 10.7. The highest BCUT2D eigenvalue weighted by Gasteiger charge is 2.43. The van der Waals surface area contributed by atoms with E-state index >= 15 is 0 Å². The van der Waals surface area contributed by atoms with Crippen LogP contribution in [0.1, 0.15) is 74.5 Å². The number of benzene rings is 2. The lowest BCUT2D eigenvalue weighted by atomic mass is 9.65. The van der Waals surface area contributed by atoms with Gasteiger partial charge in [0.05, 0.1) is 25.4 Å². The molecule has 2 aromatic rings. The highest BCUT2D eigenvalue weighted by Crippen LogP contribution is 2.49. The Labute approximate surface area is 202 Å². The molecule has 1 fully saturated rings. The fourth-order valence-corrected chi connectivity index (χ4v) is 5.36. The molecule has 0 radical (unpaired) electrons. The van der Waals surface area contributed by atoms with Crippen LogP contribution in [0.15, 0.2) is 36.4 Å². The monoisotopic (exact) mass is 469 g/mol. The number of carbonyl (C=O) groups excluding carboxylic acids is 1. The maximum absolute atomic E-state index is 14.8. The number of likely N-dealkylation sites (tertiary alicyclic amines) is 1. The van der Waals surface area contributed by atoms with Gasteiger partial charge in [-0.1, -0.05) is 12.1 Å². The van der Waals surface area contributed by atoms with E-state index in [9.17, 15) is 9.18 Å². The zero-order valence-electron chi connectivity index (χ0n) is 20.9. The van der Waals surface area contributed by atoms with E-state index in [1.807, 2.05) is 38.7 Å². The van der Waals surface area contributed by atoms with Crippen molar-refractivity contribution in [3.63, 3.8) is 0 Å². The zero-order valence-corrected chi connectivity index (χ0v) is 20.9. The van der Waals surface area contributed by atoms with Gasteiger partial charge in [-0.05, 0) is 94.2 Å². The lowest BCUT2D eigenvalue weighted by Gasteiger charge is -2.47. The lowest BCUT2D eigenvalue weighted by molar-refractivity contribution is -0.0442. The van der Waals surface area contributed by atoms with Crippen LogP contribution in [0.2, 0.25) is 0 Å². The molecule has 1 atom stereocenters. The predicted octanol–water partition coefficient (Wildman–Crippen LogP) is 5.96. The van der Waals surface area contributed by atoms with Crippen molar-refractivity contribution in [2.75, 3.05) is 20.2 Å². The molecule has 2 aliphatic rings. The van der Waals surface area contributed by atoms with Crippen molar-refractivity contribution in [1.29, 1.82) is 0 Å². The summed E-state index contributed by atoms with van der Waals surface area (Å²) < 4.78 is 32.3. The number of fused-ring (bicyclic) bond motifs is 1. The summed E-state index contributed by atoms with van der Waals surface area (Å²) in [5, 5.41) is 0. The minimum absolute atomic E-state index is 0.0124. The number of ether oxygens (including phenoxy) is 3. The third kappa shape index (κ3) is 5.07. The zero-order chi connectivity index (χ0) is 24.5. The summed E-state index contributed by atoms with van der Waals surface area (Å²) >= 11 is 0. The largest absolute Gasteiger partial charge is 0.493 e. The van der Waals surface area contributed by atoms with Crippen molar-refractivity contribution in [2.24, 2.45) is 5.41 Å². The van der Waals surface area contributed by atoms with Crippen LogP contribution in [0.25, 0.3) is 0 Å². The normalized spacial score (nSPS) is 19.4. The van der Waals surface area contributed by atoms with E-state index in [1.165, 1.54) is 0 Å². The van der Waals surface area contributed by atoms with Crippen LogP contribution in [-0.2, 0) is 11.2 Å². The van der Waals surface area contributed by atoms with Gasteiger partial charge >= 0.3 is 0 Å². The lowest BCUT2D eigenvalue weighted by Crippen LogP contribution is -2.46. The molecule has 5 nitrogen and oxygen atoms in total. The van der Waals surface area contributed by atoms with E-state index in [2.05, 4.69) is 0 Å². The van der Waals surface area contributed by atoms with Crippen LogP contribution < -0.4 is 9.47 Å². The van der Waals surface area contributed by atoms with E-state index in [0.29, 0.717) is 36.6 Å². The highest BCUT2D eigenvalue weighted by molar-refractivity contribution is 5.95. The number of carbonyl (C=O) groups is 1. The standard InChI is InChI=1S/C28H36FNO4/c1-18(2)33-24-10-9-20(15-25(24)32-5)27(31)30-13-11-28(12-14-30)16-22-21(7-6-8-23(22)29)26(17-28)34-19(3)4/h6-10,15,18-19,26H,11-14,16-17H2,1-5H3. The molecule has 0 saturated carbocycles. The molecule has 34 heavy (non-hydrogen) atoms. The van der Waals surface area contributed by atoms with E-state index in [4.69, 9.17) is 14.2 Å². The summed E-state index contributed by atoms with van der Waals surface area (Å²) in [7, 11) is 1.58. The van der Waals surface area contributed by atoms with E-state index in [-0.39, 0.29) is 35.5 Å². The second-order valence-electron chi connectivity index (χ2n) is 10.2. The minimum Gasteiger partial charge on any atom is -0.493 e.